The fraction of sp³-hybridized carbons (Fsp3) is 0.846. The van der Waals surface area contributed by atoms with E-state index in [-0.39, 0.29) is 12.6 Å². The number of rotatable bonds is 9. The molecule has 0 aromatic rings. The molecule has 1 unspecified atom stereocenters. The molecule has 0 aromatic heterocycles. The van der Waals surface area contributed by atoms with Crippen LogP contribution >= 0.6 is 0 Å². The molecule has 0 aromatic carbocycles. The monoisotopic (exact) mass is 273 g/mol. The second-order valence-corrected chi connectivity index (χ2v) is 5.20. The van der Waals surface area contributed by atoms with Crippen molar-refractivity contribution in [1.82, 2.24) is 15.5 Å². The molecule has 0 aliphatic rings. The maximum Gasteiger partial charge on any atom is 0.314 e. The minimum absolute atomic E-state index is 0.170. The highest BCUT2D eigenvalue weighted by molar-refractivity contribution is 5.75. The van der Waals surface area contributed by atoms with Crippen LogP contribution in [0.1, 0.15) is 27.2 Å². The quantitative estimate of drug-likeness (QED) is 0.585. The Balaban J connectivity index is 3.89. The molecule has 3 N–H and O–H groups in total. The van der Waals surface area contributed by atoms with Crippen molar-refractivity contribution in [2.75, 3.05) is 33.2 Å². The van der Waals surface area contributed by atoms with E-state index < -0.39 is 11.9 Å². The summed E-state index contributed by atoms with van der Waals surface area (Å²) in [6.07, 6.45) is 0.564. The molecule has 0 spiro atoms. The van der Waals surface area contributed by atoms with Crippen LogP contribution in [0.25, 0.3) is 0 Å². The third-order valence-electron chi connectivity index (χ3n) is 2.93. The summed E-state index contributed by atoms with van der Waals surface area (Å²) in [5.74, 6) is -1.09. The Labute approximate surface area is 115 Å². The van der Waals surface area contributed by atoms with Crippen LogP contribution in [-0.4, -0.2) is 55.2 Å². The minimum atomic E-state index is -0.861. The topological polar surface area (TPSA) is 81.7 Å². The Morgan fingerprint density at radius 2 is 1.89 bits per heavy atom. The second kappa shape index (κ2) is 9.61. The van der Waals surface area contributed by atoms with Crippen molar-refractivity contribution in [3.8, 4) is 0 Å². The van der Waals surface area contributed by atoms with Gasteiger partial charge in [0.15, 0.2) is 0 Å². The van der Waals surface area contributed by atoms with Crippen molar-refractivity contribution in [3.63, 3.8) is 0 Å². The second-order valence-electron chi connectivity index (χ2n) is 5.20. The fourth-order valence-electron chi connectivity index (χ4n) is 1.64. The van der Waals surface area contributed by atoms with Crippen LogP contribution in [0.3, 0.4) is 0 Å². The van der Waals surface area contributed by atoms with Gasteiger partial charge in [0, 0.05) is 19.6 Å². The SMILES string of the molecule is CCN(C)CCNC(=O)NCC(CC(C)C)C(=O)O. The van der Waals surface area contributed by atoms with Gasteiger partial charge < -0.3 is 20.6 Å². The fourth-order valence-corrected chi connectivity index (χ4v) is 1.64. The number of likely N-dealkylation sites (N-methyl/N-ethyl adjacent to an activating group) is 1. The third kappa shape index (κ3) is 9.30. The van der Waals surface area contributed by atoms with Crippen molar-refractivity contribution in [1.29, 1.82) is 0 Å². The molecular weight excluding hydrogens is 246 g/mol. The van der Waals surface area contributed by atoms with E-state index in [4.69, 9.17) is 5.11 Å². The molecule has 0 radical (unpaired) electrons. The first-order valence-corrected chi connectivity index (χ1v) is 6.79. The summed E-state index contributed by atoms with van der Waals surface area (Å²) in [6, 6.07) is -0.306. The Bertz CT molecular complexity index is 282. The first kappa shape index (κ1) is 17.7. The van der Waals surface area contributed by atoms with Gasteiger partial charge in [-0.05, 0) is 25.9 Å². The number of carbonyl (C=O) groups excluding carboxylic acids is 1. The largest absolute Gasteiger partial charge is 0.481 e. The number of nitrogens with zero attached hydrogens (tertiary/aromatic N) is 1. The molecule has 0 fully saturated rings. The number of amides is 2. The van der Waals surface area contributed by atoms with Crippen molar-refractivity contribution in [3.05, 3.63) is 0 Å². The molecule has 6 nitrogen and oxygen atoms in total. The summed E-state index contributed by atoms with van der Waals surface area (Å²) in [7, 11) is 1.97. The Morgan fingerprint density at radius 1 is 1.26 bits per heavy atom. The van der Waals surface area contributed by atoms with E-state index in [9.17, 15) is 9.59 Å². The van der Waals surface area contributed by atoms with Gasteiger partial charge in [0.05, 0.1) is 5.92 Å². The highest BCUT2D eigenvalue weighted by Crippen LogP contribution is 2.10. The zero-order valence-electron chi connectivity index (χ0n) is 12.4. The van der Waals surface area contributed by atoms with E-state index in [1.165, 1.54) is 0 Å². The number of carboxylic acids is 1. The van der Waals surface area contributed by atoms with Crippen LogP contribution in [0.5, 0.6) is 0 Å². The van der Waals surface area contributed by atoms with E-state index in [1.54, 1.807) is 0 Å². The molecule has 0 heterocycles. The summed E-state index contributed by atoms with van der Waals surface area (Å²) >= 11 is 0. The Hall–Kier alpha value is -1.30. The van der Waals surface area contributed by atoms with Crippen molar-refractivity contribution < 1.29 is 14.7 Å². The molecule has 0 rings (SSSR count). The number of hydrogen-bond donors (Lipinski definition) is 3. The molecule has 6 heteroatoms. The number of carbonyl (C=O) groups is 2. The molecule has 112 valence electrons. The molecule has 0 saturated heterocycles. The summed E-state index contributed by atoms with van der Waals surface area (Å²) in [5.41, 5.74) is 0. The van der Waals surface area contributed by atoms with Gasteiger partial charge in [-0.1, -0.05) is 20.8 Å². The van der Waals surface area contributed by atoms with E-state index in [1.807, 2.05) is 27.8 Å². The van der Waals surface area contributed by atoms with Gasteiger partial charge in [0.1, 0.15) is 0 Å². The van der Waals surface area contributed by atoms with E-state index in [0.717, 1.165) is 13.1 Å². The molecule has 0 aliphatic heterocycles. The summed E-state index contributed by atoms with van der Waals surface area (Å²) in [6.45, 7) is 8.41. The Kier molecular flexibility index (Phi) is 8.95. The van der Waals surface area contributed by atoms with Gasteiger partial charge in [-0.3, -0.25) is 4.79 Å². The van der Waals surface area contributed by atoms with Crippen molar-refractivity contribution in [2.24, 2.45) is 11.8 Å². The first-order chi connectivity index (χ1) is 8.86. The van der Waals surface area contributed by atoms with E-state index >= 15 is 0 Å². The molecule has 0 aliphatic carbocycles. The predicted molar refractivity (Wildman–Crippen MR) is 75.2 cm³/mol. The predicted octanol–water partition coefficient (Wildman–Crippen LogP) is 0.984. The van der Waals surface area contributed by atoms with E-state index in [0.29, 0.717) is 18.9 Å². The first-order valence-electron chi connectivity index (χ1n) is 6.79. The van der Waals surface area contributed by atoms with E-state index in [2.05, 4.69) is 15.5 Å². The maximum absolute atomic E-state index is 11.5. The highest BCUT2D eigenvalue weighted by Gasteiger charge is 2.19. The molecule has 19 heavy (non-hydrogen) atoms. The van der Waals surface area contributed by atoms with Crippen molar-refractivity contribution in [2.45, 2.75) is 27.2 Å². The maximum atomic E-state index is 11.5. The van der Waals surface area contributed by atoms with Crippen LogP contribution in [0, 0.1) is 11.8 Å². The van der Waals surface area contributed by atoms with Crippen LogP contribution in [0.4, 0.5) is 4.79 Å². The number of hydrogen-bond acceptors (Lipinski definition) is 3. The lowest BCUT2D eigenvalue weighted by atomic mass is 9.97. The van der Waals surface area contributed by atoms with Gasteiger partial charge in [0.2, 0.25) is 0 Å². The normalized spacial score (nSPS) is 12.5. The molecular formula is C13H27N3O3. The van der Waals surface area contributed by atoms with Gasteiger partial charge in [0.25, 0.3) is 0 Å². The Morgan fingerprint density at radius 3 is 2.37 bits per heavy atom. The number of nitrogens with one attached hydrogen (secondary N) is 2. The summed E-state index contributed by atoms with van der Waals surface area (Å²) < 4.78 is 0. The smallest absolute Gasteiger partial charge is 0.314 e. The molecule has 1 atom stereocenters. The van der Waals surface area contributed by atoms with Gasteiger partial charge >= 0.3 is 12.0 Å². The number of urea groups is 1. The number of carboxylic acid groups (broad SMARTS) is 1. The van der Waals surface area contributed by atoms with Crippen LogP contribution in [-0.2, 0) is 4.79 Å². The standard InChI is InChI=1S/C13H27N3O3/c1-5-16(4)7-6-14-13(19)15-9-11(12(17)18)8-10(2)3/h10-11H,5-9H2,1-4H3,(H,17,18)(H2,14,15,19). The van der Waals surface area contributed by atoms with Gasteiger partial charge in [-0.15, -0.1) is 0 Å². The lowest BCUT2D eigenvalue weighted by Crippen LogP contribution is -2.42. The van der Waals surface area contributed by atoms with Gasteiger partial charge in [-0.25, -0.2) is 4.79 Å². The van der Waals surface area contributed by atoms with Crippen molar-refractivity contribution >= 4 is 12.0 Å². The lowest BCUT2D eigenvalue weighted by Gasteiger charge is -2.17. The number of aliphatic carboxylic acids is 1. The zero-order chi connectivity index (χ0) is 14.8. The van der Waals surface area contributed by atoms with Crippen LogP contribution < -0.4 is 10.6 Å². The molecule has 0 saturated carbocycles. The average molecular weight is 273 g/mol. The minimum Gasteiger partial charge on any atom is -0.481 e. The third-order valence-corrected chi connectivity index (χ3v) is 2.93. The molecule has 2 amide bonds. The average Bonchev–Trinajstić information content (AvgIpc) is 2.33. The van der Waals surface area contributed by atoms with Crippen LogP contribution in [0.2, 0.25) is 0 Å². The van der Waals surface area contributed by atoms with Gasteiger partial charge in [-0.2, -0.15) is 0 Å². The lowest BCUT2D eigenvalue weighted by molar-refractivity contribution is -0.142. The van der Waals surface area contributed by atoms with Crippen LogP contribution in [0.15, 0.2) is 0 Å². The highest BCUT2D eigenvalue weighted by atomic mass is 16.4. The zero-order valence-corrected chi connectivity index (χ0v) is 12.4. The molecule has 0 bridgehead atoms. The summed E-state index contributed by atoms with van der Waals surface area (Å²) in [5, 5.41) is 14.4. The summed E-state index contributed by atoms with van der Waals surface area (Å²) in [4.78, 5) is 24.6.